The predicted molar refractivity (Wildman–Crippen MR) is 73.5 cm³/mol. The molecule has 0 radical (unpaired) electrons. The van der Waals surface area contributed by atoms with Gasteiger partial charge in [0.25, 0.3) is 0 Å². The molecule has 0 unspecified atom stereocenters. The monoisotopic (exact) mass is 343 g/mol. The van der Waals surface area contributed by atoms with Gasteiger partial charge in [0.1, 0.15) is 11.6 Å². The summed E-state index contributed by atoms with van der Waals surface area (Å²) in [5.74, 6) is -0.0218. The van der Waals surface area contributed by atoms with E-state index in [2.05, 4.69) is 20.9 Å². The summed E-state index contributed by atoms with van der Waals surface area (Å²) in [5.41, 5.74) is 1.12. The van der Waals surface area contributed by atoms with Gasteiger partial charge < -0.3 is 4.74 Å². The molecule has 0 spiro atoms. The summed E-state index contributed by atoms with van der Waals surface area (Å²) in [5, 5.41) is 0.000193. The van der Waals surface area contributed by atoms with Crippen molar-refractivity contribution in [1.82, 2.24) is 4.98 Å². The fraction of sp³-hybridized carbons (Fsp3) is 0.0769. The first-order valence-electron chi connectivity index (χ1n) is 5.25. The van der Waals surface area contributed by atoms with Gasteiger partial charge in [0, 0.05) is 23.4 Å². The van der Waals surface area contributed by atoms with Crippen LogP contribution >= 0.6 is 27.5 Å². The number of aromatic nitrogens is 1. The highest BCUT2D eigenvalue weighted by Gasteiger charge is 2.11. The molecule has 0 saturated carbocycles. The summed E-state index contributed by atoms with van der Waals surface area (Å²) < 4.78 is 19.4. The van der Waals surface area contributed by atoms with E-state index >= 15 is 0 Å². The lowest BCUT2D eigenvalue weighted by Gasteiger charge is -2.10. The summed E-state index contributed by atoms with van der Waals surface area (Å²) in [6.45, 7) is 1.75. The minimum atomic E-state index is -0.581. The van der Waals surface area contributed by atoms with Gasteiger partial charge in [-0.25, -0.2) is 9.37 Å². The Balaban J connectivity index is 2.36. The number of carbonyl (C=O) groups is 1. The summed E-state index contributed by atoms with van der Waals surface area (Å²) in [7, 11) is 0. The molecule has 0 saturated heterocycles. The third-order valence-corrected chi connectivity index (χ3v) is 3.28. The fourth-order valence-corrected chi connectivity index (χ4v) is 2.16. The standard InChI is InChI=1S/C13H8BrClFNO2/c1-7-2-8(6-18)5-17-13(7)19-12-4-11(16)10(15)3-9(12)14/h2-6H,1H3. The third-order valence-electron chi connectivity index (χ3n) is 2.37. The summed E-state index contributed by atoms with van der Waals surface area (Å²) in [4.78, 5) is 14.6. The molecule has 0 N–H and O–H groups in total. The van der Waals surface area contributed by atoms with Crippen LogP contribution in [0.4, 0.5) is 4.39 Å². The van der Waals surface area contributed by atoms with Crippen LogP contribution in [0.2, 0.25) is 5.02 Å². The fourth-order valence-electron chi connectivity index (χ4n) is 1.44. The van der Waals surface area contributed by atoms with Crippen LogP contribution in [0.25, 0.3) is 0 Å². The van der Waals surface area contributed by atoms with E-state index in [1.165, 1.54) is 18.3 Å². The van der Waals surface area contributed by atoms with Crippen LogP contribution in [0, 0.1) is 12.7 Å². The average Bonchev–Trinajstić information content (AvgIpc) is 2.38. The molecule has 2 rings (SSSR count). The molecule has 1 heterocycles. The Kier molecular flexibility index (Phi) is 4.17. The number of nitrogens with zero attached hydrogens (tertiary/aromatic N) is 1. The van der Waals surface area contributed by atoms with Crippen molar-refractivity contribution in [3.8, 4) is 11.6 Å². The molecule has 0 fully saturated rings. The zero-order chi connectivity index (χ0) is 14.0. The van der Waals surface area contributed by atoms with Crippen LogP contribution in [-0.2, 0) is 0 Å². The first kappa shape index (κ1) is 14.0. The molecule has 1 aromatic heterocycles. The number of carbonyl (C=O) groups excluding carboxylic acids is 1. The first-order chi connectivity index (χ1) is 9.01. The quantitative estimate of drug-likeness (QED) is 0.606. The van der Waals surface area contributed by atoms with Crippen molar-refractivity contribution >= 4 is 33.8 Å². The number of aryl methyl sites for hydroxylation is 1. The average molecular weight is 345 g/mol. The molecule has 98 valence electrons. The van der Waals surface area contributed by atoms with Crippen molar-refractivity contribution in [1.29, 1.82) is 0 Å². The van der Waals surface area contributed by atoms with Crippen molar-refractivity contribution < 1.29 is 13.9 Å². The highest BCUT2D eigenvalue weighted by atomic mass is 79.9. The molecule has 0 aliphatic carbocycles. The molecule has 3 nitrogen and oxygen atoms in total. The van der Waals surface area contributed by atoms with Gasteiger partial charge in [-0.3, -0.25) is 4.79 Å². The topological polar surface area (TPSA) is 39.2 Å². The van der Waals surface area contributed by atoms with E-state index in [0.29, 0.717) is 27.8 Å². The Hall–Kier alpha value is -1.46. The molecule has 6 heteroatoms. The largest absolute Gasteiger partial charge is 0.437 e. The van der Waals surface area contributed by atoms with Gasteiger partial charge in [0.05, 0.1) is 9.50 Å². The summed E-state index contributed by atoms with van der Waals surface area (Å²) in [6.07, 6.45) is 2.08. The van der Waals surface area contributed by atoms with Gasteiger partial charge in [-0.1, -0.05) is 11.6 Å². The first-order valence-corrected chi connectivity index (χ1v) is 6.42. The van der Waals surface area contributed by atoms with Crippen LogP contribution in [0.1, 0.15) is 15.9 Å². The van der Waals surface area contributed by atoms with Gasteiger partial charge in [-0.05, 0) is 35.0 Å². The highest BCUT2D eigenvalue weighted by molar-refractivity contribution is 9.10. The highest BCUT2D eigenvalue weighted by Crippen LogP contribution is 2.34. The van der Waals surface area contributed by atoms with E-state index in [-0.39, 0.29) is 10.8 Å². The normalized spacial score (nSPS) is 10.3. The van der Waals surface area contributed by atoms with Gasteiger partial charge in [-0.2, -0.15) is 0 Å². The number of ether oxygens (including phenoxy) is 1. The number of hydrogen-bond donors (Lipinski definition) is 0. The predicted octanol–water partition coefficient (Wildman–Crippen LogP) is 4.55. The van der Waals surface area contributed by atoms with E-state index in [1.807, 2.05) is 0 Å². The lowest BCUT2D eigenvalue weighted by Crippen LogP contribution is -1.95. The second kappa shape index (κ2) is 5.67. The number of rotatable bonds is 3. The zero-order valence-electron chi connectivity index (χ0n) is 9.78. The Morgan fingerprint density at radius 1 is 1.42 bits per heavy atom. The van der Waals surface area contributed by atoms with Crippen LogP contribution in [-0.4, -0.2) is 11.3 Å². The van der Waals surface area contributed by atoms with Crippen LogP contribution in [0.3, 0.4) is 0 Å². The molecule has 0 aliphatic heterocycles. The van der Waals surface area contributed by atoms with Gasteiger partial charge >= 0.3 is 0 Å². The van der Waals surface area contributed by atoms with E-state index in [0.717, 1.165) is 0 Å². The number of hydrogen-bond acceptors (Lipinski definition) is 3. The Morgan fingerprint density at radius 3 is 2.79 bits per heavy atom. The van der Waals surface area contributed by atoms with E-state index in [4.69, 9.17) is 16.3 Å². The molecule has 0 aliphatic rings. The van der Waals surface area contributed by atoms with Crippen LogP contribution in [0.5, 0.6) is 11.6 Å². The van der Waals surface area contributed by atoms with E-state index in [1.54, 1.807) is 13.0 Å². The molecule has 19 heavy (non-hydrogen) atoms. The maximum atomic E-state index is 13.4. The second-order valence-corrected chi connectivity index (χ2v) is 5.07. The lowest BCUT2D eigenvalue weighted by atomic mass is 10.2. The van der Waals surface area contributed by atoms with Crippen LogP contribution in [0.15, 0.2) is 28.9 Å². The maximum absolute atomic E-state index is 13.4. The molecular weight excluding hydrogens is 337 g/mol. The molecule has 0 atom stereocenters. The van der Waals surface area contributed by atoms with Crippen LogP contribution < -0.4 is 4.74 Å². The summed E-state index contributed by atoms with van der Waals surface area (Å²) in [6, 6.07) is 4.21. The number of benzene rings is 1. The number of halogens is 3. The molecule has 0 bridgehead atoms. The minimum absolute atomic E-state index is 0.000193. The van der Waals surface area contributed by atoms with E-state index in [9.17, 15) is 9.18 Å². The molecule has 0 amide bonds. The maximum Gasteiger partial charge on any atom is 0.222 e. The van der Waals surface area contributed by atoms with Gasteiger partial charge in [-0.15, -0.1) is 0 Å². The molecular formula is C13H8BrClFNO2. The SMILES string of the molecule is Cc1cc(C=O)cnc1Oc1cc(F)c(Cl)cc1Br. The van der Waals surface area contributed by atoms with Gasteiger partial charge in [0.2, 0.25) is 5.88 Å². The number of pyridine rings is 1. The minimum Gasteiger partial charge on any atom is -0.437 e. The van der Waals surface area contributed by atoms with Gasteiger partial charge in [0.15, 0.2) is 6.29 Å². The lowest BCUT2D eigenvalue weighted by molar-refractivity contribution is 0.112. The van der Waals surface area contributed by atoms with Crippen molar-refractivity contribution in [3.63, 3.8) is 0 Å². The van der Waals surface area contributed by atoms with Crippen molar-refractivity contribution in [2.45, 2.75) is 6.92 Å². The van der Waals surface area contributed by atoms with E-state index < -0.39 is 5.82 Å². The van der Waals surface area contributed by atoms with Crippen molar-refractivity contribution in [3.05, 3.63) is 50.8 Å². The molecule has 1 aromatic carbocycles. The zero-order valence-corrected chi connectivity index (χ0v) is 12.1. The second-order valence-electron chi connectivity index (χ2n) is 3.81. The van der Waals surface area contributed by atoms with Crippen molar-refractivity contribution in [2.75, 3.05) is 0 Å². The molecule has 2 aromatic rings. The number of aldehydes is 1. The Morgan fingerprint density at radius 2 is 2.16 bits per heavy atom. The third kappa shape index (κ3) is 3.11. The summed E-state index contributed by atoms with van der Waals surface area (Å²) >= 11 is 8.88. The Bertz CT molecular complexity index is 649. The van der Waals surface area contributed by atoms with Crippen molar-refractivity contribution in [2.24, 2.45) is 0 Å². The smallest absolute Gasteiger partial charge is 0.222 e. The Labute approximate surface area is 122 Å².